The molecule has 0 bridgehead atoms. The molecule has 0 aromatic heterocycles. The quantitative estimate of drug-likeness (QED) is 0.786. The summed E-state index contributed by atoms with van der Waals surface area (Å²) < 4.78 is 23.4. The van der Waals surface area contributed by atoms with Gasteiger partial charge < -0.3 is 9.47 Å². The number of hydrogen-bond acceptors (Lipinski definition) is 4. The van der Waals surface area contributed by atoms with E-state index in [2.05, 4.69) is 10.9 Å². The fourth-order valence-electron chi connectivity index (χ4n) is 1.82. The van der Waals surface area contributed by atoms with Crippen LogP contribution in [0.2, 0.25) is 0 Å². The van der Waals surface area contributed by atoms with Crippen molar-refractivity contribution < 1.29 is 23.5 Å². The fourth-order valence-corrected chi connectivity index (χ4v) is 1.82. The molecule has 25 heavy (non-hydrogen) atoms. The molecular weight excluding hydrogens is 327 g/mol. The Kier molecular flexibility index (Phi) is 6.33. The zero-order valence-electron chi connectivity index (χ0n) is 13.9. The number of carbonyl (C=O) groups excluding carboxylic acids is 2. The van der Waals surface area contributed by atoms with Gasteiger partial charge in [0.25, 0.3) is 11.8 Å². The molecule has 0 spiro atoms. The van der Waals surface area contributed by atoms with E-state index in [1.165, 1.54) is 31.2 Å². The highest BCUT2D eigenvalue weighted by atomic mass is 19.1. The van der Waals surface area contributed by atoms with Crippen molar-refractivity contribution in [3.63, 3.8) is 0 Å². The molecule has 1 unspecified atom stereocenters. The van der Waals surface area contributed by atoms with Crippen LogP contribution in [-0.2, 0) is 9.59 Å². The summed E-state index contributed by atoms with van der Waals surface area (Å²) in [6.45, 7) is 3.21. The summed E-state index contributed by atoms with van der Waals surface area (Å²) in [4.78, 5) is 23.5. The van der Waals surface area contributed by atoms with Crippen molar-refractivity contribution in [3.05, 3.63) is 59.9 Å². The number of nitrogens with one attached hydrogen (secondary N) is 2. The maximum atomic E-state index is 12.8. The van der Waals surface area contributed by atoms with Gasteiger partial charge in [0.15, 0.2) is 12.7 Å². The molecule has 0 aliphatic rings. The predicted molar refractivity (Wildman–Crippen MR) is 89.4 cm³/mol. The van der Waals surface area contributed by atoms with Crippen LogP contribution >= 0.6 is 0 Å². The molecule has 7 heteroatoms. The van der Waals surface area contributed by atoms with Crippen LogP contribution in [0.15, 0.2) is 48.5 Å². The Bertz CT molecular complexity index is 717. The standard InChI is InChI=1S/C18H19FN2O4/c1-12-3-7-15(8-4-12)24-11-17(22)20-21-18(23)13(2)25-16-9-5-14(19)6-10-16/h3-10,13H,11H2,1-2H3,(H,20,22)(H,21,23). The van der Waals surface area contributed by atoms with Gasteiger partial charge in [0.05, 0.1) is 0 Å². The van der Waals surface area contributed by atoms with E-state index in [0.29, 0.717) is 11.5 Å². The van der Waals surface area contributed by atoms with Gasteiger partial charge in [-0.2, -0.15) is 0 Å². The largest absolute Gasteiger partial charge is 0.484 e. The molecule has 2 aromatic carbocycles. The van der Waals surface area contributed by atoms with Crippen LogP contribution in [0, 0.1) is 12.7 Å². The summed E-state index contributed by atoms with van der Waals surface area (Å²) in [7, 11) is 0. The molecule has 2 amide bonds. The van der Waals surface area contributed by atoms with E-state index in [0.717, 1.165) is 5.56 Å². The Labute approximate surface area is 144 Å². The van der Waals surface area contributed by atoms with Gasteiger partial charge >= 0.3 is 0 Å². The second-order valence-electron chi connectivity index (χ2n) is 5.35. The van der Waals surface area contributed by atoms with Crippen LogP contribution in [-0.4, -0.2) is 24.5 Å². The van der Waals surface area contributed by atoms with Crippen molar-refractivity contribution in [2.45, 2.75) is 20.0 Å². The van der Waals surface area contributed by atoms with E-state index in [1.54, 1.807) is 12.1 Å². The Morgan fingerprint density at radius 1 is 1.00 bits per heavy atom. The molecule has 0 radical (unpaired) electrons. The van der Waals surface area contributed by atoms with E-state index >= 15 is 0 Å². The van der Waals surface area contributed by atoms with Gasteiger partial charge in [-0.05, 0) is 50.2 Å². The first-order valence-corrected chi connectivity index (χ1v) is 7.64. The van der Waals surface area contributed by atoms with E-state index in [1.807, 2.05) is 19.1 Å². The van der Waals surface area contributed by atoms with Crippen molar-refractivity contribution in [3.8, 4) is 11.5 Å². The van der Waals surface area contributed by atoms with Crippen molar-refractivity contribution in [1.29, 1.82) is 0 Å². The average molecular weight is 346 g/mol. The van der Waals surface area contributed by atoms with Crippen molar-refractivity contribution >= 4 is 11.8 Å². The number of hydrazine groups is 1. The lowest BCUT2D eigenvalue weighted by Gasteiger charge is -2.15. The average Bonchev–Trinajstić information content (AvgIpc) is 2.61. The topological polar surface area (TPSA) is 76.7 Å². The lowest BCUT2D eigenvalue weighted by Crippen LogP contribution is -2.48. The SMILES string of the molecule is Cc1ccc(OCC(=O)NNC(=O)C(C)Oc2ccc(F)cc2)cc1. The number of rotatable bonds is 6. The van der Waals surface area contributed by atoms with Crippen LogP contribution in [0.5, 0.6) is 11.5 Å². The monoisotopic (exact) mass is 346 g/mol. The third-order valence-corrected chi connectivity index (χ3v) is 3.21. The molecule has 0 aliphatic heterocycles. The third kappa shape index (κ3) is 6.14. The van der Waals surface area contributed by atoms with Crippen molar-refractivity contribution in [2.75, 3.05) is 6.61 Å². The maximum Gasteiger partial charge on any atom is 0.279 e. The lowest BCUT2D eigenvalue weighted by molar-refractivity contribution is -0.133. The fraction of sp³-hybridized carbons (Fsp3) is 0.222. The smallest absolute Gasteiger partial charge is 0.279 e. The third-order valence-electron chi connectivity index (χ3n) is 3.21. The number of amides is 2. The molecule has 0 aliphatic carbocycles. The van der Waals surface area contributed by atoms with Gasteiger partial charge in [-0.1, -0.05) is 17.7 Å². The summed E-state index contributed by atoms with van der Waals surface area (Å²) in [5, 5.41) is 0. The summed E-state index contributed by atoms with van der Waals surface area (Å²) in [5.74, 6) is -0.556. The highest BCUT2D eigenvalue weighted by Gasteiger charge is 2.15. The number of aryl methyl sites for hydroxylation is 1. The van der Waals surface area contributed by atoms with Gasteiger partial charge in [0, 0.05) is 0 Å². The number of ether oxygens (including phenoxy) is 2. The van der Waals surface area contributed by atoms with Crippen LogP contribution < -0.4 is 20.3 Å². The first-order chi connectivity index (χ1) is 11.9. The van der Waals surface area contributed by atoms with Crippen LogP contribution in [0.25, 0.3) is 0 Å². The molecule has 2 N–H and O–H groups in total. The Morgan fingerprint density at radius 2 is 1.60 bits per heavy atom. The molecule has 2 aromatic rings. The number of hydrogen-bond donors (Lipinski definition) is 2. The first-order valence-electron chi connectivity index (χ1n) is 7.64. The normalized spacial score (nSPS) is 11.3. The first kappa shape index (κ1) is 18.3. The van der Waals surface area contributed by atoms with E-state index in [-0.39, 0.29) is 6.61 Å². The van der Waals surface area contributed by atoms with Gasteiger partial charge in [-0.25, -0.2) is 4.39 Å². The zero-order chi connectivity index (χ0) is 18.2. The predicted octanol–water partition coefficient (Wildman–Crippen LogP) is 2.13. The molecule has 0 fully saturated rings. The molecule has 132 valence electrons. The second-order valence-corrected chi connectivity index (χ2v) is 5.35. The number of carbonyl (C=O) groups is 2. The van der Waals surface area contributed by atoms with Gasteiger partial charge in [-0.3, -0.25) is 20.4 Å². The van der Waals surface area contributed by atoms with E-state index in [4.69, 9.17) is 9.47 Å². The summed E-state index contributed by atoms with van der Waals surface area (Å²) in [6.07, 6.45) is -0.872. The van der Waals surface area contributed by atoms with Gasteiger partial charge in [-0.15, -0.1) is 0 Å². The Morgan fingerprint density at radius 3 is 2.24 bits per heavy atom. The van der Waals surface area contributed by atoms with E-state index < -0.39 is 23.7 Å². The molecule has 0 saturated heterocycles. The molecule has 6 nitrogen and oxygen atoms in total. The van der Waals surface area contributed by atoms with Gasteiger partial charge in [0.1, 0.15) is 17.3 Å². The molecule has 0 saturated carbocycles. The van der Waals surface area contributed by atoms with Crippen LogP contribution in [0.3, 0.4) is 0 Å². The van der Waals surface area contributed by atoms with Crippen molar-refractivity contribution in [2.24, 2.45) is 0 Å². The van der Waals surface area contributed by atoms with Crippen LogP contribution in [0.1, 0.15) is 12.5 Å². The molecule has 2 rings (SSSR count). The molecule has 0 heterocycles. The number of halogens is 1. The lowest BCUT2D eigenvalue weighted by atomic mass is 10.2. The van der Waals surface area contributed by atoms with Crippen molar-refractivity contribution in [1.82, 2.24) is 10.9 Å². The van der Waals surface area contributed by atoms with Gasteiger partial charge in [0.2, 0.25) is 0 Å². The number of benzene rings is 2. The summed E-state index contributed by atoms with van der Waals surface area (Å²) in [5.41, 5.74) is 5.56. The Hall–Kier alpha value is -3.09. The highest BCUT2D eigenvalue weighted by Crippen LogP contribution is 2.13. The van der Waals surface area contributed by atoms with Crippen LogP contribution in [0.4, 0.5) is 4.39 Å². The molecule has 1 atom stereocenters. The molecular formula is C18H19FN2O4. The Balaban J connectivity index is 1.71. The minimum absolute atomic E-state index is 0.240. The highest BCUT2D eigenvalue weighted by molar-refractivity contribution is 5.85. The van der Waals surface area contributed by atoms with E-state index in [9.17, 15) is 14.0 Å². The zero-order valence-corrected chi connectivity index (χ0v) is 13.9. The summed E-state index contributed by atoms with van der Waals surface area (Å²) >= 11 is 0. The maximum absolute atomic E-state index is 12.8. The summed E-state index contributed by atoms with van der Waals surface area (Å²) in [6, 6.07) is 12.5. The minimum Gasteiger partial charge on any atom is -0.484 e. The second kappa shape index (κ2) is 8.68. The minimum atomic E-state index is -0.872.